The molecule has 0 radical (unpaired) electrons. The van der Waals surface area contributed by atoms with Crippen LogP contribution in [0.25, 0.3) is 0 Å². The number of nitrogens with one attached hydrogen (secondary N) is 2. The monoisotopic (exact) mass is 336 g/mol. The highest BCUT2D eigenvalue weighted by atomic mass is 35.5. The van der Waals surface area contributed by atoms with Gasteiger partial charge in [-0.3, -0.25) is 9.59 Å². The Morgan fingerprint density at radius 3 is 2.57 bits per heavy atom. The summed E-state index contributed by atoms with van der Waals surface area (Å²) in [5.41, 5.74) is 0.737. The SMILES string of the molecule is COC(CNC(=O)C(=O)NCc1ccccc1Cl)c1ccco1. The van der Waals surface area contributed by atoms with Crippen molar-refractivity contribution in [3.05, 3.63) is 59.0 Å². The van der Waals surface area contributed by atoms with Crippen molar-refractivity contribution >= 4 is 23.4 Å². The van der Waals surface area contributed by atoms with E-state index in [0.717, 1.165) is 5.56 Å². The molecule has 2 amide bonds. The molecule has 1 aromatic heterocycles. The molecule has 2 aromatic rings. The minimum atomic E-state index is -0.745. The molecule has 1 aromatic carbocycles. The van der Waals surface area contributed by atoms with Gasteiger partial charge in [0.2, 0.25) is 0 Å². The molecule has 7 heteroatoms. The molecule has 0 saturated heterocycles. The van der Waals surface area contributed by atoms with Gasteiger partial charge in [0.15, 0.2) is 0 Å². The average Bonchev–Trinajstić information content (AvgIpc) is 3.08. The van der Waals surface area contributed by atoms with E-state index < -0.39 is 17.9 Å². The largest absolute Gasteiger partial charge is 0.467 e. The molecule has 0 aliphatic rings. The third-order valence-electron chi connectivity index (χ3n) is 3.20. The van der Waals surface area contributed by atoms with E-state index in [1.807, 2.05) is 0 Å². The summed E-state index contributed by atoms with van der Waals surface area (Å²) in [6, 6.07) is 10.5. The van der Waals surface area contributed by atoms with Gasteiger partial charge in [-0.2, -0.15) is 0 Å². The number of halogens is 1. The van der Waals surface area contributed by atoms with Gasteiger partial charge in [-0.25, -0.2) is 0 Å². The fourth-order valence-electron chi connectivity index (χ4n) is 1.94. The number of ether oxygens (including phenoxy) is 1. The van der Waals surface area contributed by atoms with E-state index in [-0.39, 0.29) is 13.1 Å². The lowest BCUT2D eigenvalue weighted by Crippen LogP contribution is -2.41. The number of hydrogen-bond donors (Lipinski definition) is 2. The normalized spacial score (nSPS) is 11.7. The Bertz CT molecular complexity index is 658. The van der Waals surface area contributed by atoms with Gasteiger partial charge >= 0.3 is 11.8 Å². The van der Waals surface area contributed by atoms with Gasteiger partial charge in [-0.15, -0.1) is 0 Å². The number of hydrogen-bond acceptors (Lipinski definition) is 4. The molecular formula is C16H17ClN2O4. The first-order valence-electron chi connectivity index (χ1n) is 6.97. The zero-order valence-electron chi connectivity index (χ0n) is 12.5. The number of amides is 2. The molecule has 23 heavy (non-hydrogen) atoms. The van der Waals surface area contributed by atoms with E-state index >= 15 is 0 Å². The summed E-state index contributed by atoms with van der Waals surface area (Å²) in [4.78, 5) is 23.6. The molecule has 0 aliphatic heterocycles. The maximum absolute atomic E-state index is 11.8. The van der Waals surface area contributed by atoms with E-state index in [1.54, 1.807) is 36.4 Å². The second kappa shape index (κ2) is 8.36. The van der Waals surface area contributed by atoms with E-state index in [0.29, 0.717) is 10.8 Å². The smallest absolute Gasteiger partial charge is 0.309 e. The number of benzene rings is 1. The van der Waals surface area contributed by atoms with E-state index in [2.05, 4.69) is 10.6 Å². The van der Waals surface area contributed by atoms with Crippen LogP contribution in [0.4, 0.5) is 0 Å². The Hall–Kier alpha value is -2.31. The number of carbonyl (C=O) groups is 2. The zero-order chi connectivity index (χ0) is 16.7. The van der Waals surface area contributed by atoms with E-state index in [4.69, 9.17) is 20.8 Å². The highest BCUT2D eigenvalue weighted by molar-refractivity contribution is 6.35. The maximum atomic E-state index is 11.8. The van der Waals surface area contributed by atoms with Crippen LogP contribution in [-0.4, -0.2) is 25.5 Å². The number of rotatable bonds is 6. The summed E-state index contributed by atoms with van der Waals surface area (Å²) >= 11 is 5.99. The molecule has 2 rings (SSSR count). The lowest BCUT2D eigenvalue weighted by atomic mass is 10.2. The van der Waals surface area contributed by atoms with Crippen LogP contribution in [0.15, 0.2) is 47.1 Å². The van der Waals surface area contributed by atoms with Crippen LogP contribution >= 0.6 is 11.6 Å². The van der Waals surface area contributed by atoms with Crippen molar-refractivity contribution in [2.75, 3.05) is 13.7 Å². The molecule has 1 atom stereocenters. The first kappa shape index (κ1) is 17.1. The Kier molecular flexibility index (Phi) is 6.19. The molecule has 0 fully saturated rings. The van der Waals surface area contributed by atoms with E-state index in [9.17, 15) is 9.59 Å². The van der Waals surface area contributed by atoms with Gasteiger partial charge in [-0.05, 0) is 23.8 Å². The quantitative estimate of drug-likeness (QED) is 0.791. The first-order valence-corrected chi connectivity index (χ1v) is 7.35. The standard InChI is InChI=1S/C16H17ClN2O4/c1-22-14(13-7-4-8-23-13)10-19-16(21)15(20)18-9-11-5-2-3-6-12(11)17/h2-8,14H,9-10H2,1H3,(H,18,20)(H,19,21). The van der Waals surface area contributed by atoms with Crippen LogP contribution in [0.1, 0.15) is 17.4 Å². The van der Waals surface area contributed by atoms with Gasteiger partial charge in [0.05, 0.1) is 12.8 Å². The maximum Gasteiger partial charge on any atom is 0.309 e. The predicted octanol–water partition coefficient (Wildman–Crippen LogP) is 2.05. The second-order valence-corrected chi connectivity index (χ2v) is 5.13. The van der Waals surface area contributed by atoms with Crippen molar-refractivity contribution < 1.29 is 18.7 Å². The molecule has 0 spiro atoms. The third kappa shape index (κ3) is 4.84. The van der Waals surface area contributed by atoms with Crippen molar-refractivity contribution in [2.45, 2.75) is 12.6 Å². The topological polar surface area (TPSA) is 80.6 Å². The first-order chi connectivity index (χ1) is 11.1. The molecule has 2 N–H and O–H groups in total. The summed E-state index contributed by atoms with van der Waals surface area (Å²) in [7, 11) is 1.50. The van der Waals surface area contributed by atoms with Crippen molar-refractivity contribution in [3.8, 4) is 0 Å². The highest BCUT2D eigenvalue weighted by Gasteiger charge is 2.18. The van der Waals surface area contributed by atoms with Crippen LogP contribution in [-0.2, 0) is 20.9 Å². The van der Waals surface area contributed by atoms with Crippen LogP contribution in [0, 0.1) is 0 Å². The number of carbonyl (C=O) groups excluding carboxylic acids is 2. The van der Waals surface area contributed by atoms with Gasteiger partial charge in [-0.1, -0.05) is 29.8 Å². The van der Waals surface area contributed by atoms with Crippen molar-refractivity contribution in [2.24, 2.45) is 0 Å². The van der Waals surface area contributed by atoms with Gasteiger partial charge < -0.3 is 19.8 Å². The fourth-order valence-corrected chi connectivity index (χ4v) is 2.14. The van der Waals surface area contributed by atoms with Crippen molar-refractivity contribution in [3.63, 3.8) is 0 Å². The minimum absolute atomic E-state index is 0.127. The van der Waals surface area contributed by atoms with Crippen LogP contribution < -0.4 is 10.6 Å². The Labute approximate surface area is 138 Å². The molecule has 1 unspecified atom stereocenters. The predicted molar refractivity (Wildman–Crippen MR) is 84.8 cm³/mol. The molecule has 1 heterocycles. The Morgan fingerprint density at radius 2 is 1.91 bits per heavy atom. The number of furan rings is 1. The highest BCUT2D eigenvalue weighted by Crippen LogP contribution is 2.16. The molecule has 0 bridgehead atoms. The Morgan fingerprint density at radius 1 is 1.17 bits per heavy atom. The summed E-state index contributed by atoms with van der Waals surface area (Å²) in [6.07, 6.45) is 1.06. The van der Waals surface area contributed by atoms with Crippen molar-refractivity contribution in [1.82, 2.24) is 10.6 Å². The van der Waals surface area contributed by atoms with Gasteiger partial charge in [0, 0.05) is 18.7 Å². The third-order valence-corrected chi connectivity index (χ3v) is 3.57. The lowest BCUT2D eigenvalue weighted by Gasteiger charge is -2.13. The molecule has 0 saturated carbocycles. The lowest BCUT2D eigenvalue weighted by molar-refractivity contribution is -0.139. The minimum Gasteiger partial charge on any atom is -0.467 e. The zero-order valence-corrected chi connectivity index (χ0v) is 13.3. The van der Waals surface area contributed by atoms with Crippen LogP contribution in [0.5, 0.6) is 0 Å². The summed E-state index contributed by atoms with van der Waals surface area (Å²) < 4.78 is 10.4. The molecule has 122 valence electrons. The summed E-state index contributed by atoms with van der Waals surface area (Å²) in [5.74, 6) is -0.908. The van der Waals surface area contributed by atoms with Gasteiger partial charge in [0.1, 0.15) is 11.9 Å². The molecule has 0 aliphatic carbocycles. The summed E-state index contributed by atoms with van der Waals surface area (Å²) in [6.45, 7) is 0.306. The fraction of sp³-hybridized carbons (Fsp3) is 0.250. The molecule has 6 nitrogen and oxygen atoms in total. The molecular weight excluding hydrogens is 320 g/mol. The van der Waals surface area contributed by atoms with Crippen molar-refractivity contribution in [1.29, 1.82) is 0 Å². The second-order valence-electron chi connectivity index (χ2n) is 4.72. The van der Waals surface area contributed by atoms with Crippen LogP contribution in [0.3, 0.4) is 0 Å². The summed E-state index contributed by atoms with van der Waals surface area (Å²) in [5, 5.41) is 5.55. The average molecular weight is 337 g/mol. The Balaban J connectivity index is 1.81. The van der Waals surface area contributed by atoms with Gasteiger partial charge in [0.25, 0.3) is 0 Å². The number of methoxy groups -OCH3 is 1. The van der Waals surface area contributed by atoms with E-state index in [1.165, 1.54) is 13.4 Å². The van der Waals surface area contributed by atoms with Crippen LogP contribution in [0.2, 0.25) is 5.02 Å².